The van der Waals surface area contributed by atoms with Crippen molar-refractivity contribution in [1.82, 2.24) is 24.8 Å². The SMILES string of the molecule is CN(C)c1ccc(Nc2nc3cc(Oc4ccnc(C(=O)NCCCN5CCCCC5)c4)ccc3n2C)cc1. The van der Waals surface area contributed by atoms with E-state index in [2.05, 4.69) is 37.6 Å². The van der Waals surface area contributed by atoms with Gasteiger partial charge in [0.05, 0.1) is 11.0 Å². The smallest absolute Gasteiger partial charge is 0.270 e. The molecule has 1 aliphatic rings. The zero-order valence-corrected chi connectivity index (χ0v) is 23.0. The molecule has 1 fully saturated rings. The Kier molecular flexibility index (Phi) is 8.27. The first kappa shape index (κ1) is 26.5. The summed E-state index contributed by atoms with van der Waals surface area (Å²) in [5.41, 5.74) is 4.23. The van der Waals surface area contributed by atoms with Crippen molar-refractivity contribution in [1.29, 1.82) is 0 Å². The minimum absolute atomic E-state index is 0.186. The summed E-state index contributed by atoms with van der Waals surface area (Å²) >= 11 is 0. The lowest BCUT2D eigenvalue weighted by Gasteiger charge is -2.26. The fourth-order valence-electron chi connectivity index (χ4n) is 4.84. The molecule has 0 radical (unpaired) electrons. The number of pyridine rings is 1. The van der Waals surface area contributed by atoms with Gasteiger partial charge < -0.3 is 29.7 Å². The van der Waals surface area contributed by atoms with Crippen LogP contribution in [-0.2, 0) is 7.05 Å². The van der Waals surface area contributed by atoms with Crippen molar-refractivity contribution in [2.75, 3.05) is 50.5 Å². The average molecular weight is 528 g/mol. The number of nitrogens with zero attached hydrogens (tertiary/aromatic N) is 5. The lowest BCUT2D eigenvalue weighted by Crippen LogP contribution is -2.33. The molecule has 0 aliphatic carbocycles. The highest BCUT2D eigenvalue weighted by Gasteiger charge is 2.13. The largest absolute Gasteiger partial charge is 0.457 e. The van der Waals surface area contributed by atoms with Gasteiger partial charge in [-0.2, -0.15) is 0 Å². The highest BCUT2D eigenvalue weighted by atomic mass is 16.5. The molecule has 9 nitrogen and oxygen atoms in total. The number of ether oxygens (including phenoxy) is 1. The van der Waals surface area contributed by atoms with E-state index in [-0.39, 0.29) is 5.91 Å². The maximum absolute atomic E-state index is 12.7. The predicted molar refractivity (Wildman–Crippen MR) is 156 cm³/mol. The molecule has 9 heteroatoms. The van der Waals surface area contributed by atoms with Gasteiger partial charge in [0.15, 0.2) is 0 Å². The quantitative estimate of drug-likeness (QED) is 0.275. The zero-order valence-electron chi connectivity index (χ0n) is 23.0. The summed E-state index contributed by atoms with van der Waals surface area (Å²) in [4.78, 5) is 26.2. The molecule has 3 heterocycles. The number of fused-ring (bicyclic) bond motifs is 1. The van der Waals surface area contributed by atoms with E-state index < -0.39 is 0 Å². The number of aromatic nitrogens is 3. The molecule has 2 aromatic heterocycles. The van der Waals surface area contributed by atoms with Crippen LogP contribution in [-0.4, -0.2) is 65.6 Å². The van der Waals surface area contributed by atoms with Gasteiger partial charge in [0.1, 0.15) is 17.2 Å². The number of likely N-dealkylation sites (tertiary alicyclic amines) is 1. The van der Waals surface area contributed by atoms with Crippen LogP contribution in [0, 0.1) is 0 Å². The van der Waals surface area contributed by atoms with E-state index >= 15 is 0 Å². The first-order valence-electron chi connectivity index (χ1n) is 13.6. The van der Waals surface area contributed by atoms with Crippen molar-refractivity contribution in [3.8, 4) is 11.5 Å². The summed E-state index contributed by atoms with van der Waals surface area (Å²) in [6.07, 6.45) is 6.42. The number of carbonyl (C=O) groups is 1. The fraction of sp³-hybridized carbons (Fsp3) is 0.367. The molecule has 0 saturated carbocycles. The summed E-state index contributed by atoms with van der Waals surface area (Å²) in [5, 5.41) is 6.38. The van der Waals surface area contributed by atoms with Crippen LogP contribution < -0.4 is 20.3 Å². The second-order valence-corrected chi connectivity index (χ2v) is 10.2. The minimum Gasteiger partial charge on any atom is -0.457 e. The Morgan fingerprint density at radius 3 is 2.54 bits per heavy atom. The standard InChI is InChI=1S/C30H37N7O2/c1-35(2)23-10-8-22(9-11-23)33-30-34-26-20-24(12-13-28(26)36(30)3)39-25-14-16-31-27(21-25)29(38)32-15-7-19-37-17-5-4-6-18-37/h8-14,16,20-21H,4-7,15,17-19H2,1-3H3,(H,32,38)(H,33,34). The number of piperidine rings is 1. The van der Waals surface area contributed by atoms with Crippen LogP contribution in [0.25, 0.3) is 11.0 Å². The maximum Gasteiger partial charge on any atom is 0.270 e. The van der Waals surface area contributed by atoms with Crippen LogP contribution in [0.3, 0.4) is 0 Å². The summed E-state index contributed by atoms with van der Waals surface area (Å²) in [6, 6.07) is 17.4. The van der Waals surface area contributed by atoms with Gasteiger partial charge in [-0.3, -0.25) is 9.78 Å². The molecular formula is C30H37N7O2. The van der Waals surface area contributed by atoms with Gasteiger partial charge in [0, 0.05) is 57.4 Å². The summed E-state index contributed by atoms with van der Waals surface area (Å²) in [7, 11) is 6.02. The first-order chi connectivity index (χ1) is 19.0. The summed E-state index contributed by atoms with van der Waals surface area (Å²) in [6.45, 7) is 3.99. The number of anilines is 3. The van der Waals surface area contributed by atoms with Gasteiger partial charge in [-0.15, -0.1) is 0 Å². The van der Waals surface area contributed by atoms with Gasteiger partial charge in [0.25, 0.3) is 5.91 Å². The Morgan fingerprint density at radius 1 is 1.00 bits per heavy atom. The molecule has 39 heavy (non-hydrogen) atoms. The highest BCUT2D eigenvalue weighted by molar-refractivity contribution is 5.92. The normalized spacial score (nSPS) is 13.8. The minimum atomic E-state index is -0.186. The van der Waals surface area contributed by atoms with E-state index in [0.29, 0.717) is 23.7 Å². The van der Waals surface area contributed by atoms with Gasteiger partial charge in [0.2, 0.25) is 5.95 Å². The van der Waals surface area contributed by atoms with Crippen LogP contribution in [0.1, 0.15) is 36.2 Å². The van der Waals surface area contributed by atoms with Crippen molar-refractivity contribution in [2.45, 2.75) is 25.7 Å². The molecule has 4 aromatic rings. The van der Waals surface area contributed by atoms with Crippen molar-refractivity contribution in [3.05, 3.63) is 66.5 Å². The highest BCUT2D eigenvalue weighted by Crippen LogP contribution is 2.28. The zero-order chi connectivity index (χ0) is 27.2. The van der Waals surface area contributed by atoms with E-state index in [1.165, 1.54) is 32.4 Å². The molecule has 2 aromatic carbocycles. The fourth-order valence-corrected chi connectivity index (χ4v) is 4.84. The third kappa shape index (κ3) is 6.67. The van der Waals surface area contributed by atoms with Crippen LogP contribution in [0.5, 0.6) is 11.5 Å². The Bertz CT molecular complexity index is 1410. The molecule has 1 amide bonds. The molecule has 1 saturated heterocycles. The van der Waals surface area contributed by atoms with E-state index in [1.54, 1.807) is 18.3 Å². The number of imidazole rings is 1. The van der Waals surface area contributed by atoms with Crippen LogP contribution in [0.15, 0.2) is 60.8 Å². The van der Waals surface area contributed by atoms with Crippen molar-refractivity contribution >= 4 is 34.3 Å². The maximum atomic E-state index is 12.7. The number of rotatable bonds is 10. The summed E-state index contributed by atoms with van der Waals surface area (Å²) in [5.74, 6) is 1.75. The molecule has 0 unspecified atom stereocenters. The second kappa shape index (κ2) is 12.2. The van der Waals surface area contributed by atoms with E-state index in [9.17, 15) is 4.79 Å². The Morgan fingerprint density at radius 2 is 1.77 bits per heavy atom. The van der Waals surface area contributed by atoms with Crippen molar-refractivity contribution in [2.24, 2.45) is 7.05 Å². The lowest BCUT2D eigenvalue weighted by atomic mass is 10.1. The van der Waals surface area contributed by atoms with Crippen LogP contribution >= 0.6 is 0 Å². The number of amides is 1. The number of hydrogen-bond acceptors (Lipinski definition) is 7. The predicted octanol–water partition coefficient (Wildman–Crippen LogP) is 5.18. The van der Waals surface area contributed by atoms with Crippen molar-refractivity contribution in [3.63, 3.8) is 0 Å². The molecule has 5 rings (SSSR count). The Labute approximate surface area is 229 Å². The van der Waals surface area contributed by atoms with E-state index in [1.807, 2.05) is 56.0 Å². The third-order valence-corrected chi connectivity index (χ3v) is 7.08. The number of nitrogens with one attached hydrogen (secondary N) is 2. The average Bonchev–Trinajstić information content (AvgIpc) is 3.26. The second-order valence-electron chi connectivity index (χ2n) is 10.2. The topological polar surface area (TPSA) is 87.5 Å². The number of carbonyl (C=O) groups excluding carboxylic acids is 1. The third-order valence-electron chi connectivity index (χ3n) is 7.08. The molecule has 1 aliphatic heterocycles. The Balaban J connectivity index is 1.20. The number of benzene rings is 2. The number of hydrogen-bond donors (Lipinski definition) is 2. The molecule has 0 spiro atoms. The van der Waals surface area contributed by atoms with Crippen LogP contribution in [0.4, 0.5) is 17.3 Å². The first-order valence-corrected chi connectivity index (χ1v) is 13.6. The number of aryl methyl sites for hydroxylation is 1. The van der Waals surface area contributed by atoms with E-state index in [4.69, 9.17) is 9.72 Å². The molecular weight excluding hydrogens is 490 g/mol. The van der Waals surface area contributed by atoms with Crippen LogP contribution in [0.2, 0.25) is 0 Å². The Hall–Kier alpha value is -4.11. The molecule has 204 valence electrons. The summed E-state index contributed by atoms with van der Waals surface area (Å²) < 4.78 is 8.10. The van der Waals surface area contributed by atoms with Gasteiger partial charge in [-0.05, 0) is 81.4 Å². The molecule has 0 bridgehead atoms. The van der Waals surface area contributed by atoms with Gasteiger partial charge >= 0.3 is 0 Å². The molecule has 2 N–H and O–H groups in total. The lowest BCUT2D eigenvalue weighted by molar-refractivity contribution is 0.0945. The van der Waals surface area contributed by atoms with E-state index in [0.717, 1.165) is 41.3 Å². The monoisotopic (exact) mass is 527 g/mol. The van der Waals surface area contributed by atoms with Crippen molar-refractivity contribution < 1.29 is 9.53 Å². The molecule has 0 atom stereocenters. The van der Waals surface area contributed by atoms with Gasteiger partial charge in [-0.1, -0.05) is 6.42 Å². The van der Waals surface area contributed by atoms with Gasteiger partial charge in [-0.25, -0.2) is 4.98 Å².